The van der Waals surface area contributed by atoms with Crippen LogP contribution in [0.3, 0.4) is 0 Å². The molecule has 1 saturated heterocycles. The number of nitrogens with one attached hydrogen (secondary N) is 4. The average molecular weight is 445 g/mol. The van der Waals surface area contributed by atoms with Crippen molar-refractivity contribution in [1.29, 1.82) is 0 Å². The van der Waals surface area contributed by atoms with Gasteiger partial charge in [-0.2, -0.15) is 0 Å². The van der Waals surface area contributed by atoms with E-state index in [1.54, 1.807) is 13.2 Å². The second-order valence-electron chi connectivity index (χ2n) is 8.66. The van der Waals surface area contributed by atoms with E-state index in [0.29, 0.717) is 37.3 Å². The molecule has 0 radical (unpaired) electrons. The number of amides is 3. The Balaban J connectivity index is 1.70. The minimum absolute atomic E-state index is 0.0565. The van der Waals surface area contributed by atoms with Crippen LogP contribution in [0.15, 0.2) is 24.3 Å². The van der Waals surface area contributed by atoms with Gasteiger partial charge in [-0.05, 0) is 43.4 Å². The fourth-order valence-corrected chi connectivity index (χ4v) is 4.06. The molecule has 2 aromatic rings. The highest BCUT2D eigenvalue weighted by molar-refractivity contribution is 6.01. The highest BCUT2D eigenvalue weighted by Crippen LogP contribution is 2.26. The standard InChI is InChI=1S/C23H32N4O5/c1-13(2)9-18(22(30)25-15(12-28)10-14-7-8-24-21(14)29)27-23(31)19-11-16-17(26-19)5-4-6-20(16)32-3/h4-6,11,13-15,18,26,28H,7-10,12H2,1-3H3,(H,24,29)(H,25,30)(H,27,31). The summed E-state index contributed by atoms with van der Waals surface area (Å²) in [7, 11) is 1.57. The number of methoxy groups -OCH3 is 1. The smallest absolute Gasteiger partial charge is 0.268 e. The molecule has 0 saturated carbocycles. The Kier molecular flexibility index (Phi) is 7.74. The number of aliphatic hydroxyl groups excluding tert-OH is 1. The number of carbonyl (C=O) groups excluding carboxylic acids is 3. The summed E-state index contributed by atoms with van der Waals surface area (Å²) in [5.74, 6) is -0.262. The van der Waals surface area contributed by atoms with Gasteiger partial charge in [-0.25, -0.2) is 0 Å². The molecule has 3 amide bonds. The van der Waals surface area contributed by atoms with Crippen LogP contribution < -0.4 is 20.7 Å². The van der Waals surface area contributed by atoms with E-state index in [1.165, 1.54) is 0 Å². The molecule has 3 rings (SSSR count). The molecule has 0 bridgehead atoms. The lowest BCUT2D eigenvalue weighted by atomic mass is 9.97. The molecule has 2 heterocycles. The number of aromatic nitrogens is 1. The van der Waals surface area contributed by atoms with E-state index in [9.17, 15) is 19.5 Å². The van der Waals surface area contributed by atoms with Crippen molar-refractivity contribution >= 4 is 28.6 Å². The molecule has 1 fully saturated rings. The molecule has 174 valence electrons. The van der Waals surface area contributed by atoms with Crippen molar-refractivity contribution in [1.82, 2.24) is 20.9 Å². The molecule has 1 aliphatic heterocycles. The number of benzene rings is 1. The van der Waals surface area contributed by atoms with Gasteiger partial charge in [0, 0.05) is 23.4 Å². The number of rotatable bonds is 10. The van der Waals surface area contributed by atoms with Gasteiger partial charge in [0.2, 0.25) is 11.8 Å². The maximum Gasteiger partial charge on any atom is 0.268 e. The monoisotopic (exact) mass is 444 g/mol. The van der Waals surface area contributed by atoms with E-state index in [-0.39, 0.29) is 30.3 Å². The number of fused-ring (bicyclic) bond motifs is 1. The van der Waals surface area contributed by atoms with Crippen molar-refractivity contribution in [3.63, 3.8) is 0 Å². The van der Waals surface area contributed by atoms with Crippen molar-refractivity contribution in [2.24, 2.45) is 11.8 Å². The number of aliphatic hydroxyl groups is 1. The quantitative estimate of drug-likeness (QED) is 0.377. The van der Waals surface area contributed by atoms with Crippen molar-refractivity contribution in [3.05, 3.63) is 30.0 Å². The normalized spacial score (nSPS) is 17.8. The molecule has 3 unspecified atom stereocenters. The van der Waals surface area contributed by atoms with Crippen molar-refractivity contribution in [3.8, 4) is 5.75 Å². The summed E-state index contributed by atoms with van der Waals surface area (Å²) < 4.78 is 5.34. The van der Waals surface area contributed by atoms with Gasteiger partial charge >= 0.3 is 0 Å². The molecule has 1 aliphatic rings. The first-order chi connectivity index (χ1) is 15.3. The van der Waals surface area contributed by atoms with Crippen LogP contribution in [0.2, 0.25) is 0 Å². The zero-order chi connectivity index (χ0) is 23.3. The molecule has 3 atom stereocenters. The number of H-pyrrole nitrogens is 1. The third kappa shape index (κ3) is 5.59. The van der Waals surface area contributed by atoms with Gasteiger partial charge in [-0.15, -0.1) is 0 Å². The zero-order valence-corrected chi connectivity index (χ0v) is 18.7. The second kappa shape index (κ2) is 10.5. The van der Waals surface area contributed by atoms with Crippen LogP contribution in [-0.4, -0.2) is 60.2 Å². The number of hydrogen-bond donors (Lipinski definition) is 5. The Bertz CT molecular complexity index is 970. The summed E-state index contributed by atoms with van der Waals surface area (Å²) in [5, 5.41) is 18.9. The molecule has 9 heteroatoms. The fraction of sp³-hybridized carbons (Fsp3) is 0.522. The highest BCUT2D eigenvalue weighted by Gasteiger charge is 2.30. The Morgan fingerprint density at radius 3 is 2.69 bits per heavy atom. The van der Waals surface area contributed by atoms with E-state index in [0.717, 1.165) is 10.9 Å². The van der Waals surface area contributed by atoms with Crippen LogP contribution >= 0.6 is 0 Å². The van der Waals surface area contributed by atoms with Crippen molar-refractivity contribution < 1.29 is 24.2 Å². The van der Waals surface area contributed by atoms with Crippen molar-refractivity contribution in [2.45, 2.75) is 45.2 Å². The minimum Gasteiger partial charge on any atom is -0.496 e. The van der Waals surface area contributed by atoms with Crippen LogP contribution in [0.25, 0.3) is 10.9 Å². The average Bonchev–Trinajstić information content (AvgIpc) is 3.38. The molecule has 32 heavy (non-hydrogen) atoms. The first-order valence-electron chi connectivity index (χ1n) is 11.0. The molecule has 0 spiro atoms. The number of ether oxygens (including phenoxy) is 1. The molecule has 9 nitrogen and oxygen atoms in total. The Morgan fingerprint density at radius 2 is 2.06 bits per heavy atom. The van der Waals surface area contributed by atoms with Gasteiger partial charge in [-0.3, -0.25) is 14.4 Å². The summed E-state index contributed by atoms with van der Waals surface area (Å²) in [5.41, 5.74) is 1.09. The minimum atomic E-state index is -0.776. The van der Waals surface area contributed by atoms with Crippen LogP contribution in [0.4, 0.5) is 0 Å². The first-order valence-corrected chi connectivity index (χ1v) is 11.0. The molecule has 5 N–H and O–H groups in total. The maximum absolute atomic E-state index is 13.0. The molecule has 1 aromatic heterocycles. The van der Waals surface area contributed by atoms with E-state index in [2.05, 4.69) is 20.9 Å². The SMILES string of the molecule is COc1cccc2[nH]c(C(=O)NC(CC(C)C)C(=O)NC(CO)CC3CCNC3=O)cc12. The predicted molar refractivity (Wildman–Crippen MR) is 120 cm³/mol. The Morgan fingerprint density at radius 1 is 1.28 bits per heavy atom. The summed E-state index contributed by atoms with van der Waals surface area (Å²) >= 11 is 0. The third-order valence-electron chi connectivity index (χ3n) is 5.72. The van der Waals surface area contributed by atoms with Gasteiger partial charge in [0.15, 0.2) is 0 Å². The van der Waals surface area contributed by atoms with E-state index < -0.39 is 18.0 Å². The van der Waals surface area contributed by atoms with Crippen LogP contribution in [-0.2, 0) is 9.59 Å². The van der Waals surface area contributed by atoms with E-state index >= 15 is 0 Å². The lowest BCUT2D eigenvalue weighted by Crippen LogP contribution is -2.51. The lowest BCUT2D eigenvalue weighted by molar-refractivity contribution is -0.126. The first kappa shape index (κ1) is 23.6. The third-order valence-corrected chi connectivity index (χ3v) is 5.72. The molecular formula is C23H32N4O5. The van der Waals surface area contributed by atoms with Gasteiger partial charge in [0.1, 0.15) is 17.5 Å². The van der Waals surface area contributed by atoms with Gasteiger partial charge in [0.05, 0.1) is 19.8 Å². The van der Waals surface area contributed by atoms with Crippen LogP contribution in [0.5, 0.6) is 5.75 Å². The molecular weight excluding hydrogens is 412 g/mol. The predicted octanol–water partition coefficient (Wildman–Crippen LogP) is 1.32. The van der Waals surface area contributed by atoms with Gasteiger partial charge < -0.3 is 30.8 Å². The maximum atomic E-state index is 13.0. The summed E-state index contributed by atoms with van der Waals surface area (Å²) in [6.07, 6.45) is 1.47. The molecule has 1 aromatic carbocycles. The number of hydrogen-bond acceptors (Lipinski definition) is 5. The van der Waals surface area contributed by atoms with Crippen LogP contribution in [0.1, 0.15) is 43.6 Å². The van der Waals surface area contributed by atoms with Crippen LogP contribution in [0, 0.1) is 11.8 Å². The Labute approximate surface area is 187 Å². The zero-order valence-electron chi connectivity index (χ0n) is 18.7. The van der Waals surface area contributed by atoms with Gasteiger partial charge in [-0.1, -0.05) is 19.9 Å². The number of carbonyl (C=O) groups is 3. The summed E-state index contributed by atoms with van der Waals surface area (Å²) in [6.45, 7) is 4.26. The highest BCUT2D eigenvalue weighted by atomic mass is 16.5. The Hall–Kier alpha value is -3.07. The number of aromatic amines is 1. The fourth-order valence-electron chi connectivity index (χ4n) is 4.06. The largest absolute Gasteiger partial charge is 0.496 e. The topological polar surface area (TPSA) is 133 Å². The molecule has 0 aliphatic carbocycles. The van der Waals surface area contributed by atoms with E-state index in [1.807, 2.05) is 32.0 Å². The summed E-state index contributed by atoms with van der Waals surface area (Å²) in [4.78, 5) is 40.8. The van der Waals surface area contributed by atoms with E-state index in [4.69, 9.17) is 4.74 Å². The second-order valence-corrected chi connectivity index (χ2v) is 8.66. The van der Waals surface area contributed by atoms with Gasteiger partial charge in [0.25, 0.3) is 5.91 Å². The van der Waals surface area contributed by atoms with Crippen molar-refractivity contribution in [2.75, 3.05) is 20.3 Å². The summed E-state index contributed by atoms with van der Waals surface area (Å²) in [6, 6.07) is 5.85. The lowest BCUT2D eigenvalue weighted by Gasteiger charge is -2.24.